The number of aromatic carboxylic acids is 1. The summed E-state index contributed by atoms with van der Waals surface area (Å²) in [5.74, 6) is -1.16. The van der Waals surface area contributed by atoms with Crippen molar-refractivity contribution < 1.29 is 23.1 Å². The molecule has 128 valence electrons. The molecule has 1 atom stereocenters. The third-order valence-corrected chi connectivity index (χ3v) is 5.07. The van der Waals surface area contributed by atoms with Crippen LogP contribution in [0.2, 0.25) is 0 Å². The SMILES string of the molecule is CCCNc1ccc(C(=O)O)cc1S(=O)(=O)NC[C@H]1CCCO1. The van der Waals surface area contributed by atoms with Crippen molar-refractivity contribution in [2.45, 2.75) is 37.2 Å². The first-order chi connectivity index (χ1) is 10.9. The van der Waals surface area contributed by atoms with Gasteiger partial charge in [0.05, 0.1) is 17.4 Å². The Balaban J connectivity index is 2.24. The minimum absolute atomic E-state index is 0.0520. The molecule has 1 aromatic rings. The lowest BCUT2D eigenvalue weighted by Crippen LogP contribution is -2.32. The molecular formula is C15H22N2O5S. The number of rotatable bonds is 8. The predicted octanol–water partition coefficient (Wildman–Crippen LogP) is 1.66. The van der Waals surface area contributed by atoms with Crippen molar-refractivity contribution in [2.75, 3.05) is 25.0 Å². The minimum Gasteiger partial charge on any atom is -0.478 e. The first-order valence-corrected chi connectivity index (χ1v) is 9.15. The van der Waals surface area contributed by atoms with Crippen LogP contribution in [0.1, 0.15) is 36.5 Å². The zero-order valence-corrected chi connectivity index (χ0v) is 13.9. The van der Waals surface area contributed by atoms with Crippen LogP contribution >= 0.6 is 0 Å². The molecule has 0 spiro atoms. The van der Waals surface area contributed by atoms with Gasteiger partial charge in [-0.05, 0) is 37.5 Å². The number of carbonyl (C=O) groups is 1. The van der Waals surface area contributed by atoms with E-state index in [4.69, 9.17) is 9.84 Å². The van der Waals surface area contributed by atoms with E-state index in [1.165, 1.54) is 18.2 Å². The van der Waals surface area contributed by atoms with Crippen LogP contribution in [-0.2, 0) is 14.8 Å². The third kappa shape index (κ3) is 4.66. The topological polar surface area (TPSA) is 105 Å². The quantitative estimate of drug-likeness (QED) is 0.664. The zero-order chi connectivity index (χ0) is 16.9. The standard InChI is InChI=1S/C15H22N2O5S/c1-2-7-16-13-6-5-11(15(18)19)9-14(13)23(20,21)17-10-12-4-3-8-22-12/h5-6,9,12,16-17H,2-4,7-8,10H2,1H3,(H,18,19)/t12-/m1/s1. The van der Waals surface area contributed by atoms with E-state index in [9.17, 15) is 13.2 Å². The van der Waals surface area contributed by atoms with Crippen LogP contribution in [0.3, 0.4) is 0 Å². The predicted molar refractivity (Wildman–Crippen MR) is 86.3 cm³/mol. The van der Waals surface area contributed by atoms with E-state index in [0.717, 1.165) is 19.3 Å². The van der Waals surface area contributed by atoms with Crippen molar-refractivity contribution in [3.63, 3.8) is 0 Å². The average molecular weight is 342 g/mol. The Labute approximate surface area is 136 Å². The highest BCUT2D eigenvalue weighted by Gasteiger charge is 2.23. The second-order valence-corrected chi connectivity index (χ2v) is 7.17. The summed E-state index contributed by atoms with van der Waals surface area (Å²) in [4.78, 5) is 11.1. The van der Waals surface area contributed by atoms with Gasteiger partial charge < -0.3 is 15.2 Å². The van der Waals surface area contributed by atoms with Crippen molar-refractivity contribution >= 4 is 21.7 Å². The molecule has 0 radical (unpaired) electrons. The highest BCUT2D eigenvalue weighted by Crippen LogP contribution is 2.23. The molecule has 1 saturated heterocycles. The van der Waals surface area contributed by atoms with Crippen molar-refractivity contribution in [1.29, 1.82) is 0 Å². The molecule has 0 unspecified atom stereocenters. The number of carboxylic acids is 1. The van der Waals surface area contributed by atoms with Gasteiger partial charge in [0.15, 0.2) is 0 Å². The maximum Gasteiger partial charge on any atom is 0.335 e. The van der Waals surface area contributed by atoms with Gasteiger partial charge in [-0.15, -0.1) is 0 Å². The van der Waals surface area contributed by atoms with Crippen molar-refractivity contribution in [3.8, 4) is 0 Å². The summed E-state index contributed by atoms with van der Waals surface area (Å²) in [5.41, 5.74) is 0.334. The van der Waals surface area contributed by atoms with Gasteiger partial charge >= 0.3 is 5.97 Å². The van der Waals surface area contributed by atoms with Gasteiger partial charge in [0.1, 0.15) is 4.90 Å². The molecule has 0 saturated carbocycles. The van der Waals surface area contributed by atoms with Gasteiger partial charge in [-0.2, -0.15) is 0 Å². The molecule has 2 rings (SSSR count). The minimum atomic E-state index is -3.82. The lowest BCUT2D eigenvalue weighted by atomic mass is 10.2. The molecule has 1 aliphatic rings. The highest BCUT2D eigenvalue weighted by atomic mass is 32.2. The van der Waals surface area contributed by atoms with Crippen molar-refractivity contribution in [3.05, 3.63) is 23.8 Å². The Kier molecular flexibility index (Phi) is 5.97. The van der Waals surface area contributed by atoms with Crippen LogP contribution in [-0.4, -0.2) is 45.3 Å². The monoisotopic (exact) mass is 342 g/mol. The Hall–Kier alpha value is -1.64. The number of sulfonamides is 1. The largest absolute Gasteiger partial charge is 0.478 e. The number of carboxylic acid groups (broad SMARTS) is 1. The van der Waals surface area contributed by atoms with Gasteiger partial charge in [-0.3, -0.25) is 0 Å². The maximum atomic E-state index is 12.5. The van der Waals surface area contributed by atoms with Crippen molar-refractivity contribution in [2.24, 2.45) is 0 Å². The van der Waals surface area contributed by atoms with Gasteiger partial charge in [-0.25, -0.2) is 17.9 Å². The van der Waals surface area contributed by atoms with E-state index in [1.807, 2.05) is 6.92 Å². The number of ether oxygens (including phenoxy) is 1. The number of hydrogen-bond donors (Lipinski definition) is 3. The molecule has 0 amide bonds. The molecule has 23 heavy (non-hydrogen) atoms. The molecule has 7 nitrogen and oxygen atoms in total. The fourth-order valence-corrected chi connectivity index (χ4v) is 3.64. The van der Waals surface area contributed by atoms with E-state index >= 15 is 0 Å². The van der Waals surface area contributed by atoms with Crippen LogP contribution < -0.4 is 10.0 Å². The van der Waals surface area contributed by atoms with Crippen LogP contribution in [0.15, 0.2) is 23.1 Å². The summed E-state index contributed by atoms with van der Waals surface area (Å²) in [6.45, 7) is 3.39. The van der Waals surface area contributed by atoms with Crippen LogP contribution in [0.4, 0.5) is 5.69 Å². The first kappa shape index (κ1) is 17.7. The summed E-state index contributed by atoms with van der Waals surface area (Å²) >= 11 is 0. The third-order valence-electron chi connectivity index (χ3n) is 3.61. The van der Waals surface area contributed by atoms with E-state index in [-0.39, 0.29) is 23.1 Å². The molecule has 0 aromatic heterocycles. The average Bonchev–Trinajstić information content (AvgIpc) is 3.04. The lowest BCUT2D eigenvalue weighted by molar-refractivity contribution is 0.0696. The Morgan fingerprint density at radius 3 is 2.83 bits per heavy atom. The zero-order valence-electron chi connectivity index (χ0n) is 13.0. The molecule has 3 N–H and O–H groups in total. The van der Waals surface area contributed by atoms with E-state index < -0.39 is 16.0 Å². The Bertz CT molecular complexity index is 654. The van der Waals surface area contributed by atoms with E-state index in [0.29, 0.717) is 18.8 Å². The number of nitrogens with one attached hydrogen (secondary N) is 2. The molecule has 1 aromatic carbocycles. The van der Waals surface area contributed by atoms with Gasteiger partial charge in [0.25, 0.3) is 0 Å². The fourth-order valence-electron chi connectivity index (χ4n) is 2.37. The highest BCUT2D eigenvalue weighted by molar-refractivity contribution is 7.89. The number of anilines is 1. The van der Waals surface area contributed by atoms with Crippen molar-refractivity contribution in [1.82, 2.24) is 4.72 Å². The number of benzene rings is 1. The molecule has 1 fully saturated rings. The molecule has 0 bridgehead atoms. The van der Waals surface area contributed by atoms with Crippen LogP contribution in [0.5, 0.6) is 0 Å². The lowest BCUT2D eigenvalue weighted by Gasteiger charge is -2.15. The molecular weight excluding hydrogens is 320 g/mol. The van der Waals surface area contributed by atoms with Crippen LogP contribution in [0, 0.1) is 0 Å². The summed E-state index contributed by atoms with van der Waals surface area (Å²) in [6, 6.07) is 4.05. The molecule has 0 aliphatic carbocycles. The van der Waals surface area contributed by atoms with Gasteiger partial charge in [0.2, 0.25) is 10.0 Å². The fraction of sp³-hybridized carbons (Fsp3) is 0.533. The second kappa shape index (κ2) is 7.76. The molecule has 1 heterocycles. The first-order valence-electron chi connectivity index (χ1n) is 7.66. The summed E-state index contributed by atoms with van der Waals surface area (Å²) < 4.78 is 33.0. The van der Waals surface area contributed by atoms with Crippen LogP contribution in [0.25, 0.3) is 0 Å². The summed E-state index contributed by atoms with van der Waals surface area (Å²) in [7, 11) is -3.82. The summed E-state index contributed by atoms with van der Waals surface area (Å²) in [6.07, 6.45) is 2.44. The number of hydrogen-bond acceptors (Lipinski definition) is 5. The Morgan fingerprint density at radius 2 is 2.22 bits per heavy atom. The van der Waals surface area contributed by atoms with Gasteiger partial charge in [-0.1, -0.05) is 6.92 Å². The smallest absolute Gasteiger partial charge is 0.335 e. The second-order valence-electron chi connectivity index (χ2n) is 5.43. The Morgan fingerprint density at radius 1 is 1.43 bits per heavy atom. The molecule has 1 aliphatic heterocycles. The van der Waals surface area contributed by atoms with Gasteiger partial charge in [0, 0.05) is 19.7 Å². The normalized spacial score (nSPS) is 18.0. The van der Waals surface area contributed by atoms with E-state index in [2.05, 4.69) is 10.0 Å². The summed E-state index contributed by atoms with van der Waals surface area (Å²) in [5, 5.41) is 12.1. The maximum absolute atomic E-state index is 12.5. The molecule has 8 heteroatoms. The van der Waals surface area contributed by atoms with E-state index in [1.54, 1.807) is 0 Å².